The first-order chi connectivity index (χ1) is 7.43. The van der Waals surface area contributed by atoms with Gasteiger partial charge in [0.05, 0.1) is 4.70 Å². The van der Waals surface area contributed by atoms with E-state index < -0.39 is 0 Å². The van der Waals surface area contributed by atoms with Crippen molar-refractivity contribution in [3.63, 3.8) is 0 Å². The fourth-order valence-corrected chi connectivity index (χ4v) is 2.57. The summed E-state index contributed by atoms with van der Waals surface area (Å²) in [6, 6.07) is 6.12. The second kappa shape index (κ2) is 3.79. The van der Waals surface area contributed by atoms with Crippen LogP contribution in [0, 0.1) is 0 Å². The highest BCUT2D eigenvalue weighted by Gasteiger charge is 2.17. The van der Waals surface area contributed by atoms with Gasteiger partial charge in [-0.2, -0.15) is 4.37 Å². The first-order valence-corrected chi connectivity index (χ1v) is 5.91. The molecule has 0 aliphatic carbocycles. The van der Waals surface area contributed by atoms with Crippen LogP contribution in [0.3, 0.4) is 0 Å². The second-order valence-corrected chi connectivity index (χ2v) is 4.53. The predicted molar refractivity (Wildman–Crippen MR) is 61.5 cm³/mol. The van der Waals surface area contributed by atoms with Crippen molar-refractivity contribution in [1.82, 2.24) is 9.69 Å². The summed E-state index contributed by atoms with van der Waals surface area (Å²) in [7, 11) is 0. The molecule has 0 radical (unpaired) electrons. The zero-order valence-electron chi connectivity index (χ0n) is 8.27. The highest BCUT2D eigenvalue weighted by atomic mass is 32.1. The molecule has 0 bridgehead atoms. The second-order valence-electron chi connectivity index (χ2n) is 3.73. The zero-order chi connectivity index (χ0) is 10.1. The van der Waals surface area contributed by atoms with Gasteiger partial charge in [0, 0.05) is 18.1 Å². The molecule has 2 aromatic rings. The topological polar surface area (TPSA) is 34.1 Å². The minimum Gasteiger partial charge on any atom is -0.487 e. The Morgan fingerprint density at radius 3 is 3.33 bits per heavy atom. The monoisotopic (exact) mass is 220 g/mol. The summed E-state index contributed by atoms with van der Waals surface area (Å²) >= 11 is 1.50. The molecule has 0 saturated carbocycles. The van der Waals surface area contributed by atoms with Gasteiger partial charge in [0.2, 0.25) is 0 Å². The van der Waals surface area contributed by atoms with Crippen molar-refractivity contribution >= 4 is 21.6 Å². The number of benzene rings is 1. The minimum absolute atomic E-state index is 0.317. The molecule has 1 aliphatic heterocycles. The van der Waals surface area contributed by atoms with E-state index in [4.69, 9.17) is 4.74 Å². The molecule has 1 aliphatic rings. The molecule has 1 aromatic heterocycles. The first kappa shape index (κ1) is 9.12. The largest absolute Gasteiger partial charge is 0.487 e. The highest BCUT2D eigenvalue weighted by Crippen LogP contribution is 2.29. The molecule has 1 saturated heterocycles. The molecule has 4 heteroatoms. The average molecular weight is 220 g/mol. The van der Waals surface area contributed by atoms with Gasteiger partial charge in [-0.1, -0.05) is 12.1 Å². The fourth-order valence-electron chi connectivity index (χ4n) is 1.87. The number of ether oxygens (including phenoxy) is 1. The van der Waals surface area contributed by atoms with E-state index in [9.17, 15) is 0 Å². The Balaban J connectivity index is 1.92. The normalized spacial score (nSPS) is 20.9. The number of rotatable bonds is 2. The summed E-state index contributed by atoms with van der Waals surface area (Å²) in [5.74, 6) is 0.976. The summed E-state index contributed by atoms with van der Waals surface area (Å²) in [4.78, 5) is 0. The fraction of sp³-hybridized carbons (Fsp3) is 0.364. The van der Waals surface area contributed by atoms with Crippen molar-refractivity contribution in [2.75, 3.05) is 13.1 Å². The molecule has 3 rings (SSSR count). The van der Waals surface area contributed by atoms with Crippen LogP contribution in [0.2, 0.25) is 0 Å². The molecule has 1 unspecified atom stereocenters. The predicted octanol–water partition coefficient (Wildman–Crippen LogP) is 2.04. The van der Waals surface area contributed by atoms with Gasteiger partial charge >= 0.3 is 0 Å². The van der Waals surface area contributed by atoms with E-state index in [-0.39, 0.29) is 0 Å². The average Bonchev–Trinajstić information content (AvgIpc) is 2.87. The van der Waals surface area contributed by atoms with Crippen molar-refractivity contribution in [2.45, 2.75) is 12.5 Å². The smallest absolute Gasteiger partial charge is 0.139 e. The maximum absolute atomic E-state index is 5.95. The molecule has 15 heavy (non-hydrogen) atoms. The highest BCUT2D eigenvalue weighted by molar-refractivity contribution is 7.13. The van der Waals surface area contributed by atoms with Gasteiger partial charge in [-0.3, -0.25) is 0 Å². The van der Waals surface area contributed by atoms with E-state index in [0.29, 0.717) is 6.10 Å². The van der Waals surface area contributed by atoms with Crippen LogP contribution in [0.15, 0.2) is 24.4 Å². The summed E-state index contributed by atoms with van der Waals surface area (Å²) in [6.45, 7) is 2.01. The summed E-state index contributed by atoms with van der Waals surface area (Å²) in [5.41, 5.74) is 0. The quantitative estimate of drug-likeness (QED) is 0.841. The first-order valence-electron chi connectivity index (χ1n) is 5.14. The molecule has 3 nitrogen and oxygen atoms in total. The summed E-state index contributed by atoms with van der Waals surface area (Å²) < 4.78 is 11.3. The van der Waals surface area contributed by atoms with E-state index >= 15 is 0 Å². The minimum atomic E-state index is 0.317. The van der Waals surface area contributed by atoms with Crippen LogP contribution in [0.1, 0.15) is 6.42 Å². The SMILES string of the molecule is c1cc(OC2CCNC2)c2sncc2c1. The van der Waals surface area contributed by atoms with Gasteiger partial charge in [0.1, 0.15) is 11.9 Å². The Labute approximate surface area is 92.2 Å². The molecule has 1 aromatic carbocycles. The third kappa shape index (κ3) is 1.70. The maximum Gasteiger partial charge on any atom is 0.139 e. The van der Waals surface area contributed by atoms with Gasteiger partial charge in [-0.05, 0) is 30.6 Å². The van der Waals surface area contributed by atoms with Crippen molar-refractivity contribution < 1.29 is 4.74 Å². The van der Waals surface area contributed by atoms with Gasteiger partial charge in [-0.15, -0.1) is 0 Å². The van der Waals surface area contributed by atoms with Crippen LogP contribution in [-0.4, -0.2) is 23.6 Å². The van der Waals surface area contributed by atoms with Crippen LogP contribution in [0.4, 0.5) is 0 Å². The standard InChI is InChI=1S/C11H12N2OS/c1-2-8-6-13-15-11(8)10(3-1)14-9-4-5-12-7-9/h1-3,6,9,12H,4-5,7H2. The molecular weight excluding hydrogens is 208 g/mol. The zero-order valence-corrected chi connectivity index (χ0v) is 9.09. The third-order valence-corrected chi connectivity index (χ3v) is 3.48. The lowest BCUT2D eigenvalue weighted by molar-refractivity contribution is 0.226. The number of nitrogens with zero attached hydrogens (tertiary/aromatic N) is 1. The number of aromatic nitrogens is 1. The molecule has 1 atom stereocenters. The summed E-state index contributed by atoms with van der Waals surface area (Å²) in [5, 5.41) is 4.47. The van der Waals surface area contributed by atoms with E-state index in [1.807, 2.05) is 18.3 Å². The molecule has 1 N–H and O–H groups in total. The maximum atomic E-state index is 5.95. The van der Waals surface area contributed by atoms with Gasteiger partial charge < -0.3 is 10.1 Å². The van der Waals surface area contributed by atoms with Crippen LogP contribution in [0.25, 0.3) is 10.1 Å². The van der Waals surface area contributed by atoms with E-state index in [1.165, 1.54) is 16.9 Å². The van der Waals surface area contributed by atoms with Crippen molar-refractivity contribution in [2.24, 2.45) is 0 Å². The number of fused-ring (bicyclic) bond motifs is 1. The van der Waals surface area contributed by atoms with Crippen LogP contribution < -0.4 is 10.1 Å². The lowest BCUT2D eigenvalue weighted by Gasteiger charge is -2.12. The third-order valence-electron chi connectivity index (χ3n) is 2.65. The lowest BCUT2D eigenvalue weighted by Crippen LogP contribution is -2.19. The van der Waals surface area contributed by atoms with Crippen LogP contribution in [0.5, 0.6) is 5.75 Å². The van der Waals surface area contributed by atoms with Gasteiger partial charge in [-0.25, -0.2) is 0 Å². The molecule has 1 fully saturated rings. The van der Waals surface area contributed by atoms with Crippen LogP contribution in [-0.2, 0) is 0 Å². The van der Waals surface area contributed by atoms with E-state index in [1.54, 1.807) is 0 Å². The Bertz CT molecular complexity index is 462. The Hall–Kier alpha value is -1.13. The number of nitrogens with one attached hydrogen (secondary N) is 1. The molecule has 0 amide bonds. The molecule has 0 spiro atoms. The van der Waals surface area contributed by atoms with E-state index in [0.717, 1.165) is 30.0 Å². The Morgan fingerprint density at radius 2 is 2.47 bits per heavy atom. The number of hydrogen-bond acceptors (Lipinski definition) is 4. The van der Waals surface area contributed by atoms with Gasteiger partial charge in [0.15, 0.2) is 0 Å². The molecule has 78 valence electrons. The molecular formula is C11H12N2OS. The number of hydrogen-bond donors (Lipinski definition) is 1. The van der Waals surface area contributed by atoms with Gasteiger partial charge in [0.25, 0.3) is 0 Å². The van der Waals surface area contributed by atoms with Crippen molar-refractivity contribution in [1.29, 1.82) is 0 Å². The Morgan fingerprint density at radius 1 is 1.47 bits per heavy atom. The van der Waals surface area contributed by atoms with Crippen molar-refractivity contribution in [3.05, 3.63) is 24.4 Å². The van der Waals surface area contributed by atoms with Crippen LogP contribution >= 0.6 is 11.5 Å². The van der Waals surface area contributed by atoms with Crippen molar-refractivity contribution in [3.8, 4) is 5.75 Å². The lowest BCUT2D eigenvalue weighted by atomic mass is 10.2. The summed E-state index contributed by atoms with van der Waals surface area (Å²) in [6.07, 6.45) is 3.30. The van der Waals surface area contributed by atoms with E-state index in [2.05, 4.69) is 15.8 Å². The molecule has 2 heterocycles. The Kier molecular flexibility index (Phi) is 2.31.